The van der Waals surface area contributed by atoms with Crippen molar-refractivity contribution in [2.45, 2.75) is 31.8 Å². The Morgan fingerprint density at radius 1 is 1.45 bits per heavy atom. The third-order valence-corrected chi connectivity index (χ3v) is 6.24. The first kappa shape index (κ1) is 17.2. The average Bonchev–Trinajstić information content (AvgIpc) is 2.70. The van der Waals surface area contributed by atoms with Gasteiger partial charge in [-0.15, -0.1) is 0 Å². The van der Waals surface area contributed by atoms with E-state index in [0.29, 0.717) is 11.4 Å². The molecule has 0 saturated carbocycles. The molecule has 1 aromatic carbocycles. The number of nitrogens with two attached hydrogens (primary N) is 1. The van der Waals surface area contributed by atoms with Gasteiger partial charge in [0.2, 0.25) is 0 Å². The summed E-state index contributed by atoms with van der Waals surface area (Å²) in [6, 6.07) is 7.60. The summed E-state index contributed by atoms with van der Waals surface area (Å²) in [5, 5.41) is 5.42. The molecule has 0 spiro atoms. The molecule has 0 unspecified atom stereocenters. The molecular weight excluding hydrogens is 324 g/mol. The number of rotatable bonds is 5. The molecule has 3 N–H and O–H groups in total. The molecule has 2 rings (SSSR count). The molecule has 1 aromatic rings. The van der Waals surface area contributed by atoms with Crippen molar-refractivity contribution in [3.63, 3.8) is 0 Å². The van der Waals surface area contributed by atoms with Crippen molar-refractivity contribution in [3.8, 4) is 0 Å². The van der Waals surface area contributed by atoms with Crippen LogP contribution in [-0.4, -0.2) is 37.9 Å². The van der Waals surface area contributed by atoms with E-state index in [9.17, 15) is 13.2 Å². The lowest BCUT2D eigenvalue weighted by molar-refractivity contribution is -0.682. The molecule has 0 radical (unpaired) electrons. The number of hydrogen-bond acceptors (Lipinski definition) is 3. The summed E-state index contributed by atoms with van der Waals surface area (Å²) in [5.74, 6) is 0.00787. The van der Waals surface area contributed by atoms with E-state index in [1.54, 1.807) is 6.92 Å². The number of halogens is 1. The minimum Gasteiger partial charge on any atom is -0.345 e. The van der Waals surface area contributed by atoms with Crippen molar-refractivity contribution >= 4 is 27.3 Å². The molecule has 0 bridgehead atoms. The molecule has 0 aliphatic carbocycles. The first-order valence-corrected chi connectivity index (χ1v) is 9.50. The molecule has 122 valence electrons. The zero-order valence-corrected chi connectivity index (χ0v) is 14.4. The molecular formula is C15H22ClN2O3S+. The summed E-state index contributed by atoms with van der Waals surface area (Å²) in [6.45, 7) is 4.01. The maximum absolute atomic E-state index is 12.1. The van der Waals surface area contributed by atoms with Gasteiger partial charge in [-0.3, -0.25) is 4.79 Å². The van der Waals surface area contributed by atoms with Crippen LogP contribution in [0.15, 0.2) is 24.3 Å². The van der Waals surface area contributed by atoms with Crippen molar-refractivity contribution in [3.05, 3.63) is 34.9 Å². The molecule has 22 heavy (non-hydrogen) atoms. The van der Waals surface area contributed by atoms with Gasteiger partial charge in [-0.25, -0.2) is 8.42 Å². The summed E-state index contributed by atoms with van der Waals surface area (Å²) < 4.78 is 23.1. The van der Waals surface area contributed by atoms with E-state index in [2.05, 4.69) is 5.32 Å². The molecule has 1 aliphatic rings. The summed E-state index contributed by atoms with van der Waals surface area (Å²) in [6.07, 6.45) is 0.473. The van der Waals surface area contributed by atoms with E-state index >= 15 is 0 Å². The van der Waals surface area contributed by atoms with Crippen molar-refractivity contribution in [2.75, 3.05) is 18.1 Å². The highest BCUT2D eigenvalue weighted by Gasteiger charge is 2.39. The third-order valence-electron chi connectivity index (χ3n) is 4.00. The van der Waals surface area contributed by atoms with Crippen LogP contribution < -0.4 is 10.6 Å². The fraction of sp³-hybridized carbons (Fsp3) is 0.533. The van der Waals surface area contributed by atoms with Gasteiger partial charge in [0.05, 0.1) is 17.0 Å². The second kappa shape index (κ2) is 6.56. The van der Waals surface area contributed by atoms with Gasteiger partial charge in [0.25, 0.3) is 5.91 Å². The quantitative estimate of drug-likeness (QED) is 0.822. The van der Waals surface area contributed by atoms with Gasteiger partial charge in [-0.1, -0.05) is 29.8 Å². The minimum absolute atomic E-state index is 0.0196. The SMILES string of the molecule is C[C@@H]([NH2+]CC(=O)N[C@]1(C)CCS(=O)(=O)C1)c1ccccc1Cl. The van der Waals surface area contributed by atoms with Crippen molar-refractivity contribution in [1.82, 2.24) is 5.32 Å². The zero-order chi connectivity index (χ0) is 16.4. The molecule has 1 aliphatic heterocycles. The number of carbonyl (C=O) groups excluding carboxylic acids is 1. The van der Waals surface area contributed by atoms with Crippen LogP contribution in [0.3, 0.4) is 0 Å². The second-order valence-electron chi connectivity index (χ2n) is 6.20. The monoisotopic (exact) mass is 345 g/mol. The van der Waals surface area contributed by atoms with Crippen LogP contribution in [0.2, 0.25) is 5.02 Å². The Labute approximate surface area is 136 Å². The normalized spacial score (nSPS) is 24.9. The smallest absolute Gasteiger partial charge is 0.275 e. The Morgan fingerprint density at radius 3 is 2.73 bits per heavy atom. The maximum Gasteiger partial charge on any atom is 0.275 e. The van der Waals surface area contributed by atoms with Crippen LogP contribution in [0.5, 0.6) is 0 Å². The third kappa shape index (κ3) is 4.44. The number of carbonyl (C=O) groups is 1. The van der Waals surface area contributed by atoms with Crippen LogP contribution in [-0.2, 0) is 14.6 Å². The number of quaternary nitrogens is 1. The largest absolute Gasteiger partial charge is 0.345 e. The van der Waals surface area contributed by atoms with Gasteiger partial charge in [0.15, 0.2) is 16.4 Å². The number of hydrogen-bond donors (Lipinski definition) is 2. The summed E-state index contributed by atoms with van der Waals surface area (Å²) in [7, 11) is -3.02. The Hall–Kier alpha value is -1.11. The van der Waals surface area contributed by atoms with Gasteiger partial charge in [0, 0.05) is 10.6 Å². The average molecular weight is 346 g/mol. The number of sulfone groups is 1. The molecule has 1 amide bonds. The van der Waals surface area contributed by atoms with E-state index in [4.69, 9.17) is 11.6 Å². The Morgan fingerprint density at radius 2 is 2.14 bits per heavy atom. The lowest BCUT2D eigenvalue weighted by Crippen LogP contribution is -2.87. The Balaban J connectivity index is 1.87. The number of nitrogens with one attached hydrogen (secondary N) is 1. The predicted molar refractivity (Wildman–Crippen MR) is 86.5 cm³/mol. The van der Waals surface area contributed by atoms with E-state index in [1.807, 2.05) is 36.5 Å². The highest BCUT2D eigenvalue weighted by molar-refractivity contribution is 7.91. The summed E-state index contributed by atoms with van der Waals surface area (Å²) >= 11 is 6.14. The molecule has 5 nitrogen and oxygen atoms in total. The zero-order valence-electron chi connectivity index (χ0n) is 12.8. The van der Waals surface area contributed by atoms with Gasteiger partial charge in [-0.2, -0.15) is 0 Å². The van der Waals surface area contributed by atoms with E-state index in [0.717, 1.165) is 5.56 Å². The minimum atomic E-state index is -3.02. The predicted octanol–water partition coefficient (Wildman–Crippen LogP) is 0.658. The molecule has 0 aromatic heterocycles. The van der Waals surface area contributed by atoms with Crippen LogP contribution >= 0.6 is 11.6 Å². The lowest BCUT2D eigenvalue weighted by atomic mass is 10.0. The maximum atomic E-state index is 12.1. The van der Waals surface area contributed by atoms with Crippen molar-refractivity contribution in [2.24, 2.45) is 0 Å². The molecule has 2 atom stereocenters. The van der Waals surface area contributed by atoms with Crippen molar-refractivity contribution < 1.29 is 18.5 Å². The fourth-order valence-corrected chi connectivity index (χ4v) is 5.15. The fourth-order valence-electron chi connectivity index (χ4n) is 2.75. The van der Waals surface area contributed by atoms with Crippen LogP contribution in [0, 0.1) is 0 Å². The van der Waals surface area contributed by atoms with Gasteiger partial charge >= 0.3 is 0 Å². The van der Waals surface area contributed by atoms with Crippen LogP contribution in [0.1, 0.15) is 31.9 Å². The summed E-state index contributed by atoms with van der Waals surface area (Å²) in [4.78, 5) is 12.1. The topological polar surface area (TPSA) is 79.8 Å². The second-order valence-corrected chi connectivity index (χ2v) is 8.79. The van der Waals surface area contributed by atoms with Crippen LogP contribution in [0.4, 0.5) is 0 Å². The number of benzene rings is 1. The summed E-state index contributed by atoms with van der Waals surface area (Å²) in [5.41, 5.74) is 0.337. The Kier molecular flexibility index (Phi) is 5.14. The first-order valence-electron chi connectivity index (χ1n) is 7.30. The molecule has 1 fully saturated rings. The first-order chi connectivity index (χ1) is 10.2. The van der Waals surface area contributed by atoms with Gasteiger partial charge < -0.3 is 10.6 Å². The number of amides is 1. The van der Waals surface area contributed by atoms with E-state index < -0.39 is 15.4 Å². The standard InChI is InChI=1S/C15H21ClN2O3S/c1-11(12-5-3-4-6-13(12)16)17-9-14(19)18-15(2)7-8-22(20,21)10-15/h3-6,11,17H,7-10H2,1-2H3,(H,18,19)/p+1/t11-,15-/m1/s1. The van der Waals surface area contributed by atoms with E-state index in [1.165, 1.54) is 0 Å². The Bertz CT molecular complexity index is 663. The van der Waals surface area contributed by atoms with Crippen LogP contribution in [0.25, 0.3) is 0 Å². The highest BCUT2D eigenvalue weighted by atomic mass is 35.5. The molecule has 7 heteroatoms. The van der Waals surface area contributed by atoms with E-state index in [-0.39, 0.29) is 30.0 Å². The molecule has 1 saturated heterocycles. The lowest BCUT2D eigenvalue weighted by Gasteiger charge is -2.23. The molecule has 1 heterocycles. The highest BCUT2D eigenvalue weighted by Crippen LogP contribution is 2.22. The van der Waals surface area contributed by atoms with Crippen molar-refractivity contribution in [1.29, 1.82) is 0 Å². The van der Waals surface area contributed by atoms with Gasteiger partial charge in [-0.05, 0) is 26.3 Å². The van der Waals surface area contributed by atoms with Gasteiger partial charge in [0.1, 0.15) is 6.04 Å².